The van der Waals surface area contributed by atoms with Crippen LogP contribution in [0.3, 0.4) is 0 Å². The molecule has 1 amide bonds. The average molecular weight is 375 g/mol. The summed E-state index contributed by atoms with van der Waals surface area (Å²) in [6, 6.07) is 0.291. The number of carbonyl (C=O) groups is 1. The fraction of sp³-hybridized carbons (Fsp3) is 0.389. The summed E-state index contributed by atoms with van der Waals surface area (Å²) < 4.78 is 1.74. The Balaban J connectivity index is 1.94. The minimum atomic E-state index is -0.0280. The molecule has 1 aliphatic rings. The fourth-order valence-corrected chi connectivity index (χ4v) is 4.56. The van der Waals surface area contributed by atoms with E-state index in [1.165, 1.54) is 17.8 Å². The number of aromatic nitrogens is 3. The molecule has 0 unspecified atom stereocenters. The molecule has 0 radical (unpaired) electrons. The Morgan fingerprint density at radius 2 is 2.16 bits per heavy atom. The predicted molar refractivity (Wildman–Crippen MR) is 101 cm³/mol. The summed E-state index contributed by atoms with van der Waals surface area (Å²) in [4.78, 5) is 19.1. The molecule has 3 heterocycles. The Labute approximate surface area is 155 Å². The monoisotopic (exact) mass is 374 g/mol. The van der Waals surface area contributed by atoms with Gasteiger partial charge >= 0.3 is 0 Å². The molecule has 130 valence electrons. The number of hydrogen-bond donors (Lipinski definition) is 1. The number of fused-ring (bicyclic) bond motifs is 1. The van der Waals surface area contributed by atoms with Crippen LogP contribution < -0.4 is 5.32 Å². The van der Waals surface area contributed by atoms with Crippen molar-refractivity contribution in [3.63, 3.8) is 0 Å². The molecule has 5 nitrogen and oxygen atoms in total. The number of hydrogen-bond acceptors (Lipinski definition) is 4. The molecule has 3 aromatic rings. The highest BCUT2D eigenvalue weighted by molar-refractivity contribution is 7.21. The van der Waals surface area contributed by atoms with Crippen LogP contribution in [0.15, 0.2) is 12.4 Å². The van der Waals surface area contributed by atoms with Crippen LogP contribution in [0.1, 0.15) is 40.2 Å². The van der Waals surface area contributed by atoms with Gasteiger partial charge in [-0.3, -0.25) is 9.48 Å². The van der Waals surface area contributed by atoms with Crippen LogP contribution in [0.2, 0.25) is 5.02 Å². The van der Waals surface area contributed by atoms with Gasteiger partial charge in [-0.2, -0.15) is 5.10 Å². The third-order valence-corrected chi connectivity index (χ3v) is 6.46. The lowest BCUT2D eigenvalue weighted by Crippen LogP contribution is -2.39. The summed E-state index contributed by atoms with van der Waals surface area (Å²) in [7, 11) is 1.87. The van der Waals surface area contributed by atoms with Crippen molar-refractivity contribution >= 4 is 39.1 Å². The van der Waals surface area contributed by atoms with Crippen LogP contribution in [-0.2, 0) is 7.05 Å². The molecule has 7 heteroatoms. The molecule has 1 aliphatic carbocycles. The standard InChI is InChI=1S/C18H19ClN4OS/c1-9-13-14(11-7-20-23(3)8-11)16(17(24)22-12-5-4-6-12)25-18(13)21-10(2)15(9)19/h7-8,12H,4-6H2,1-3H3,(H,22,24). The first-order chi connectivity index (χ1) is 12.0. The van der Waals surface area contributed by atoms with E-state index in [-0.39, 0.29) is 5.91 Å². The Bertz CT molecular complexity index is 987. The number of carbonyl (C=O) groups excluding carboxylic acids is 1. The smallest absolute Gasteiger partial charge is 0.262 e. The summed E-state index contributed by atoms with van der Waals surface area (Å²) >= 11 is 7.88. The molecule has 0 saturated heterocycles. The molecule has 1 saturated carbocycles. The molecule has 1 N–H and O–H groups in total. The van der Waals surface area contributed by atoms with Crippen LogP contribution in [0.4, 0.5) is 0 Å². The minimum Gasteiger partial charge on any atom is -0.349 e. The molecular weight excluding hydrogens is 356 g/mol. The summed E-state index contributed by atoms with van der Waals surface area (Å²) in [5, 5.41) is 9.02. The lowest BCUT2D eigenvalue weighted by atomic mass is 9.93. The van der Waals surface area contributed by atoms with Crippen molar-refractivity contribution in [1.82, 2.24) is 20.1 Å². The van der Waals surface area contributed by atoms with Crippen molar-refractivity contribution in [2.45, 2.75) is 39.2 Å². The summed E-state index contributed by atoms with van der Waals surface area (Å²) in [5.74, 6) is -0.0280. The summed E-state index contributed by atoms with van der Waals surface area (Å²) in [6.45, 7) is 3.88. The van der Waals surface area contributed by atoms with Crippen molar-refractivity contribution in [3.05, 3.63) is 33.6 Å². The third-order valence-electron chi connectivity index (χ3n) is 4.82. The van der Waals surface area contributed by atoms with Crippen molar-refractivity contribution in [3.8, 4) is 11.1 Å². The van der Waals surface area contributed by atoms with Gasteiger partial charge in [-0.15, -0.1) is 11.3 Å². The average Bonchev–Trinajstić information content (AvgIpc) is 3.12. The second kappa shape index (κ2) is 6.11. The Hall–Kier alpha value is -1.92. The van der Waals surface area contributed by atoms with E-state index in [1.807, 2.05) is 27.1 Å². The molecule has 0 spiro atoms. The van der Waals surface area contributed by atoms with Gasteiger partial charge in [0.25, 0.3) is 5.91 Å². The van der Waals surface area contributed by atoms with Gasteiger partial charge in [0.1, 0.15) is 9.71 Å². The molecule has 3 aromatic heterocycles. The lowest BCUT2D eigenvalue weighted by Gasteiger charge is -2.26. The number of amides is 1. The van der Waals surface area contributed by atoms with Gasteiger partial charge in [0, 0.05) is 35.8 Å². The van der Waals surface area contributed by atoms with Gasteiger partial charge in [0.05, 0.1) is 16.9 Å². The number of nitrogens with zero attached hydrogens (tertiary/aromatic N) is 3. The van der Waals surface area contributed by atoms with Crippen molar-refractivity contribution in [1.29, 1.82) is 0 Å². The van der Waals surface area contributed by atoms with E-state index in [4.69, 9.17) is 11.6 Å². The van der Waals surface area contributed by atoms with E-state index in [2.05, 4.69) is 15.4 Å². The first-order valence-electron chi connectivity index (χ1n) is 8.34. The van der Waals surface area contributed by atoms with Crippen LogP contribution in [0.5, 0.6) is 0 Å². The van der Waals surface area contributed by atoms with E-state index < -0.39 is 0 Å². The molecule has 0 aromatic carbocycles. The highest BCUT2D eigenvalue weighted by Gasteiger charge is 2.27. The van der Waals surface area contributed by atoms with E-state index in [9.17, 15) is 4.79 Å². The Morgan fingerprint density at radius 3 is 2.76 bits per heavy atom. The molecule has 0 atom stereocenters. The SMILES string of the molecule is Cc1nc2sc(C(=O)NC3CCC3)c(-c3cnn(C)c3)c2c(C)c1Cl. The maximum atomic E-state index is 12.9. The normalized spacial score (nSPS) is 14.7. The molecule has 1 fully saturated rings. The quantitative estimate of drug-likeness (QED) is 0.745. The molecule has 25 heavy (non-hydrogen) atoms. The van der Waals surface area contributed by atoms with E-state index in [1.54, 1.807) is 10.9 Å². The molecular formula is C18H19ClN4OS. The van der Waals surface area contributed by atoms with Crippen molar-refractivity contribution < 1.29 is 4.79 Å². The highest BCUT2D eigenvalue weighted by Crippen LogP contribution is 2.42. The van der Waals surface area contributed by atoms with Crippen LogP contribution in [0.25, 0.3) is 21.3 Å². The largest absolute Gasteiger partial charge is 0.349 e. The minimum absolute atomic E-state index is 0.0280. The number of halogens is 1. The number of pyridine rings is 1. The van der Waals surface area contributed by atoms with E-state index in [0.717, 1.165) is 45.4 Å². The van der Waals surface area contributed by atoms with Crippen LogP contribution in [-0.4, -0.2) is 26.7 Å². The third kappa shape index (κ3) is 2.73. The summed E-state index contributed by atoms with van der Waals surface area (Å²) in [5.41, 5.74) is 3.55. The zero-order valence-corrected chi connectivity index (χ0v) is 16.0. The highest BCUT2D eigenvalue weighted by atomic mass is 35.5. The van der Waals surface area contributed by atoms with Gasteiger partial charge in [0.2, 0.25) is 0 Å². The number of thiophene rings is 1. The van der Waals surface area contributed by atoms with E-state index in [0.29, 0.717) is 15.9 Å². The first kappa shape index (κ1) is 16.5. The fourth-order valence-electron chi connectivity index (χ4n) is 3.22. The van der Waals surface area contributed by atoms with Crippen LogP contribution >= 0.6 is 22.9 Å². The Morgan fingerprint density at radius 1 is 1.40 bits per heavy atom. The second-order valence-corrected chi connectivity index (χ2v) is 8.00. The lowest BCUT2D eigenvalue weighted by molar-refractivity contribution is 0.0922. The van der Waals surface area contributed by atoms with Crippen LogP contribution in [0, 0.1) is 13.8 Å². The Kier molecular flexibility index (Phi) is 4.04. The van der Waals surface area contributed by atoms with Crippen molar-refractivity contribution in [2.24, 2.45) is 7.05 Å². The van der Waals surface area contributed by atoms with Gasteiger partial charge < -0.3 is 5.32 Å². The number of rotatable bonds is 3. The van der Waals surface area contributed by atoms with Gasteiger partial charge in [-0.1, -0.05) is 11.6 Å². The maximum absolute atomic E-state index is 12.9. The number of aryl methyl sites for hydroxylation is 3. The molecule has 0 bridgehead atoms. The van der Waals surface area contributed by atoms with Crippen molar-refractivity contribution in [2.75, 3.05) is 0 Å². The zero-order chi connectivity index (χ0) is 17.7. The maximum Gasteiger partial charge on any atom is 0.262 e. The first-order valence-corrected chi connectivity index (χ1v) is 9.54. The molecule has 0 aliphatic heterocycles. The van der Waals surface area contributed by atoms with Gasteiger partial charge in [0.15, 0.2) is 0 Å². The zero-order valence-electron chi connectivity index (χ0n) is 14.4. The van der Waals surface area contributed by atoms with Gasteiger partial charge in [-0.25, -0.2) is 4.98 Å². The van der Waals surface area contributed by atoms with Gasteiger partial charge in [-0.05, 0) is 38.7 Å². The topological polar surface area (TPSA) is 59.8 Å². The second-order valence-electron chi connectivity index (χ2n) is 6.63. The summed E-state index contributed by atoms with van der Waals surface area (Å²) in [6.07, 6.45) is 7.01. The van der Waals surface area contributed by atoms with E-state index >= 15 is 0 Å². The predicted octanol–water partition coefficient (Wildman–Crippen LogP) is 4.25. The number of nitrogens with one attached hydrogen (secondary N) is 1. The molecule has 4 rings (SSSR count).